The maximum absolute atomic E-state index is 11.8. The molecule has 17 heavy (non-hydrogen) atoms. The van der Waals surface area contributed by atoms with Crippen LogP contribution in [-0.2, 0) is 9.59 Å². The minimum absolute atomic E-state index is 0.131. The number of benzene rings is 1. The molecule has 0 aliphatic carbocycles. The molecule has 0 radical (unpaired) electrons. The number of aromatic hydroxyl groups is 1. The van der Waals surface area contributed by atoms with E-state index in [0.717, 1.165) is 17.7 Å². The Morgan fingerprint density at radius 1 is 1.12 bits per heavy atom. The van der Waals surface area contributed by atoms with Gasteiger partial charge in [0.25, 0.3) is 0 Å². The Bertz CT molecular complexity index is 455. The van der Waals surface area contributed by atoms with Gasteiger partial charge in [-0.25, -0.2) is 0 Å². The van der Waals surface area contributed by atoms with Crippen molar-refractivity contribution >= 4 is 29.1 Å². The lowest BCUT2D eigenvalue weighted by atomic mass is 10.2. The van der Waals surface area contributed by atoms with Gasteiger partial charge in [-0.2, -0.15) is 0 Å². The molecule has 0 atom stereocenters. The highest BCUT2D eigenvalue weighted by Crippen LogP contribution is 2.30. The van der Waals surface area contributed by atoms with Crippen LogP contribution < -0.4 is 4.90 Å². The van der Waals surface area contributed by atoms with Crippen molar-refractivity contribution in [1.82, 2.24) is 0 Å². The number of amides is 2. The van der Waals surface area contributed by atoms with Gasteiger partial charge in [-0.1, -0.05) is 11.6 Å². The van der Waals surface area contributed by atoms with Crippen molar-refractivity contribution in [2.45, 2.75) is 25.7 Å². The molecule has 1 fully saturated rings. The number of phenolic OH excluding ortho intramolecular Hbond substituents is 1. The van der Waals surface area contributed by atoms with Gasteiger partial charge in [0.05, 0.1) is 10.7 Å². The monoisotopic (exact) mass is 253 g/mol. The Kier molecular flexibility index (Phi) is 3.33. The van der Waals surface area contributed by atoms with E-state index in [9.17, 15) is 14.7 Å². The lowest BCUT2D eigenvalue weighted by molar-refractivity contribution is -0.125. The number of halogens is 1. The first kappa shape index (κ1) is 11.9. The highest BCUT2D eigenvalue weighted by atomic mass is 35.5. The molecule has 1 aliphatic heterocycles. The Hall–Kier alpha value is -1.55. The van der Waals surface area contributed by atoms with Crippen LogP contribution in [0.4, 0.5) is 5.69 Å². The van der Waals surface area contributed by atoms with Gasteiger partial charge in [-0.05, 0) is 25.0 Å². The summed E-state index contributed by atoms with van der Waals surface area (Å²) in [6, 6.07) is 4.37. The second-order valence-corrected chi connectivity index (χ2v) is 4.37. The summed E-state index contributed by atoms with van der Waals surface area (Å²) in [6.07, 6.45) is 2.16. The van der Waals surface area contributed by atoms with Crippen LogP contribution in [0.1, 0.15) is 25.7 Å². The van der Waals surface area contributed by atoms with E-state index in [1.807, 2.05) is 0 Å². The summed E-state index contributed by atoms with van der Waals surface area (Å²) in [5, 5.41) is 9.69. The smallest absolute Gasteiger partial charge is 0.233 e. The van der Waals surface area contributed by atoms with E-state index in [1.165, 1.54) is 12.1 Å². The van der Waals surface area contributed by atoms with Crippen molar-refractivity contribution < 1.29 is 14.7 Å². The molecular weight excluding hydrogens is 242 g/mol. The third-order valence-corrected chi connectivity index (χ3v) is 3.04. The number of carbonyl (C=O) groups is 2. The van der Waals surface area contributed by atoms with E-state index < -0.39 is 0 Å². The van der Waals surface area contributed by atoms with E-state index in [-0.39, 0.29) is 22.6 Å². The summed E-state index contributed by atoms with van der Waals surface area (Å²) in [6.45, 7) is 0. The zero-order valence-electron chi connectivity index (χ0n) is 9.15. The molecule has 1 aromatic rings. The molecular formula is C12H12ClNO3. The maximum Gasteiger partial charge on any atom is 0.233 e. The molecule has 0 bridgehead atoms. The summed E-state index contributed by atoms with van der Waals surface area (Å²) in [5.74, 6) is -0.586. The highest BCUT2D eigenvalue weighted by molar-refractivity contribution is 6.32. The molecule has 1 aliphatic rings. The molecule has 90 valence electrons. The molecule has 4 nitrogen and oxygen atoms in total. The van der Waals surface area contributed by atoms with E-state index in [1.54, 1.807) is 6.07 Å². The first-order valence-corrected chi connectivity index (χ1v) is 5.81. The molecule has 0 unspecified atom stereocenters. The van der Waals surface area contributed by atoms with Gasteiger partial charge < -0.3 is 5.11 Å². The normalized spacial score (nSPS) is 17.1. The lowest BCUT2D eigenvalue weighted by Gasteiger charge is -2.19. The average molecular weight is 254 g/mol. The van der Waals surface area contributed by atoms with Crippen LogP contribution in [0, 0.1) is 0 Å². The zero-order valence-corrected chi connectivity index (χ0v) is 9.91. The summed E-state index contributed by atoms with van der Waals surface area (Å²) in [4.78, 5) is 24.8. The van der Waals surface area contributed by atoms with E-state index in [2.05, 4.69) is 0 Å². The second-order valence-electron chi connectivity index (χ2n) is 3.97. The third kappa shape index (κ3) is 2.42. The van der Waals surface area contributed by atoms with Crippen LogP contribution in [0.5, 0.6) is 5.75 Å². The number of carbonyl (C=O) groups excluding carboxylic acids is 2. The number of rotatable bonds is 1. The van der Waals surface area contributed by atoms with E-state index in [0.29, 0.717) is 18.5 Å². The van der Waals surface area contributed by atoms with Crippen molar-refractivity contribution in [2.75, 3.05) is 4.90 Å². The van der Waals surface area contributed by atoms with Gasteiger partial charge in [-0.15, -0.1) is 0 Å². The topological polar surface area (TPSA) is 57.6 Å². The fraction of sp³-hybridized carbons (Fsp3) is 0.333. The van der Waals surface area contributed by atoms with Crippen LogP contribution >= 0.6 is 11.6 Å². The van der Waals surface area contributed by atoms with Crippen molar-refractivity contribution in [3.05, 3.63) is 23.2 Å². The van der Waals surface area contributed by atoms with E-state index >= 15 is 0 Å². The van der Waals surface area contributed by atoms with Gasteiger partial charge >= 0.3 is 0 Å². The van der Waals surface area contributed by atoms with Crippen molar-refractivity contribution in [3.63, 3.8) is 0 Å². The van der Waals surface area contributed by atoms with Gasteiger partial charge in [0, 0.05) is 18.9 Å². The van der Waals surface area contributed by atoms with Crippen molar-refractivity contribution in [2.24, 2.45) is 0 Å². The SMILES string of the molecule is O=C1CCCCC(=O)N1c1ccc(Cl)c(O)c1. The van der Waals surface area contributed by atoms with Gasteiger partial charge in [0.15, 0.2) is 0 Å². The fourth-order valence-corrected chi connectivity index (χ4v) is 1.96. The number of nitrogens with zero attached hydrogens (tertiary/aromatic N) is 1. The largest absolute Gasteiger partial charge is 0.506 e. The lowest BCUT2D eigenvalue weighted by Crippen LogP contribution is -2.34. The standard InChI is InChI=1S/C12H12ClNO3/c13-9-6-5-8(7-10(9)15)14-11(16)3-1-2-4-12(14)17/h5-7,15H,1-4H2. The molecule has 0 saturated carbocycles. The van der Waals surface area contributed by atoms with Gasteiger partial charge in [0.2, 0.25) is 11.8 Å². The minimum Gasteiger partial charge on any atom is -0.506 e. The Balaban J connectivity index is 2.38. The molecule has 1 saturated heterocycles. The number of anilines is 1. The highest BCUT2D eigenvalue weighted by Gasteiger charge is 2.25. The number of hydrogen-bond donors (Lipinski definition) is 1. The summed E-state index contributed by atoms with van der Waals surface area (Å²) >= 11 is 5.69. The van der Waals surface area contributed by atoms with Crippen LogP contribution in [-0.4, -0.2) is 16.9 Å². The van der Waals surface area contributed by atoms with Crippen LogP contribution in [0.3, 0.4) is 0 Å². The van der Waals surface area contributed by atoms with Crippen molar-refractivity contribution in [1.29, 1.82) is 0 Å². The summed E-state index contributed by atoms with van der Waals surface area (Å²) in [5.41, 5.74) is 0.379. The van der Waals surface area contributed by atoms with Crippen LogP contribution in [0.2, 0.25) is 5.02 Å². The third-order valence-electron chi connectivity index (χ3n) is 2.72. The number of imide groups is 1. The van der Waals surface area contributed by atoms with Crippen LogP contribution in [0.25, 0.3) is 0 Å². The molecule has 0 spiro atoms. The molecule has 1 heterocycles. The first-order chi connectivity index (χ1) is 8.09. The van der Waals surface area contributed by atoms with Gasteiger partial charge in [-0.3, -0.25) is 14.5 Å². The Morgan fingerprint density at radius 3 is 2.24 bits per heavy atom. The molecule has 0 aromatic heterocycles. The fourth-order valence-electron chi connectivity index (χ4n) is 1.84. The van der Waals surface area contributed by atoms with E-state index in [4.69, 9.17) is 11.6 Å². The second kappa shape index (κ2) is 4.75. The average Bonchev–Trinajstić information content (AvgIpc) is 2.45. The molecule has 2 amide bonds. The summed E-state index contributed by atoms with van der Waals surface area (Å²) < 4.78 is 0. The minimum atomic E-state index is -0.228. The molecule has 1 aromatic carbocycles. The Labute approximate surface area is 104 Å². The predicted molar refractivity (Wildman–Crippen MR) is 64.1 cm³/mol. The Morgan fingerprint density at radius 2 is 1.71 bits per heavy atom. The maximum atomic E-state index is 11.8. The number of phenols is 1. The molecule has 2 rings (SSSR count). The molecule has 1 N–H and O–H groups in total. The molecule has 5 heteroatoms. The number of hydrogen-bond acceptors (Lipinski definition) is 3. The first-order valence-electron chi connectivity index (χ1n) is 5.44. The van der Waals surface area contributed by atoms with Gasteiger partial charge in [0.1, 0.15) is 5.75 Å². The van der Waals surface area contributed by atoms with Crippen molar-refractivity contribution in [3.8, 4) is 5.75 Å². The van der Waals surface area contributed by atoms with Crippen LogP contribution in [0.15, 0.2) is 18.2 Å². The quantitative estimate of drug-likeness (QED) is 0.783. The predicted octanol–water partition coefficient (Wildman–Crippen LogP) is 2.48. The summed E-state index contributed by atoms with van der Waals surface area (Å²) in [7, 11) is 0. The zero-order chi connectivity index (χ0) is 12.4.